The minimum absolute atomic E-state index is 0.189. The van der Waals surface area contributed by atoms with Crippen LogP contribution in [0.1, 0.15) is 12.0 Å². The second-order valence-electron chi connectivity index (χ2n) is 8.58. The number of ether oxygens (including phenoxy) is 2. The molecule has 34 heavy (non-hydrogen) atoms. The zero-order valence-corrected chi connectivity index (χ0v) is 19.7. The largest absolute Gasteiger partial charge is 0.496 e. The summed E-state index contributed by atoms with van der Waals surface area (Å²) in [7, 11) is 7.02. The van der Waals surface area contributed by atoms with E-state index >= 15 is 0 Å². The predicted octanol–water partition coefficient (Wildman–Crippen LogP) is 4.05. The lowest BCUT2D eigenvalue weighted by Gasteiger charge is -2.24. The summed E-state index contributed by atoms with van der Waals surface area (Å²) < 4.78 is 19.5. The predicted molar refractivity (Wildman–Crippen MR) is 134 cm³/mol. The van der Waals surface area contributed by atoms with Crippen molar-refractivity contribution in [2.45, 2.75) is 6.42 Å². The Hall–Kier alpha value is -3.84. The minimum Gasteiger partial charge on any atom is -0.496 e. The van der Waals surface area contributed by atoms with Gasteiger partial charge in [-0.1, -0.05) is 18.2 Å². The molecule has 1 aliphatic rings. The third-order valence-corrected chi connectivity index (χ3v) is 6.46. The molecule has 0 saturated heterocycles. The van der Waals surface area contributed by atoms with Crippen LogP contribution < -0.4 is 20.3 Å². The number of pyridine rings is 1. The van der Waals surface area contributed by atoms with Crippen LogP contribution in [-0.2, 0) is 7.05 Å². The van der Waals surface area contributed by atoms with Gasteiger partial charge in [0.05, 0.1) is 30.9 Å². The van der Waals surface area contributed by atoms with Crippen molar-refractivity contribution in [3.8, 4) is 22.8 Å². The van der Waals surface area contributed by atoms with Crippen LogP contribution in [0.4, 0.5) is 0 Å². The smallest absolute Gasteiger partial charge is 0.200 e. The van der Waals surface area contributed by atoms with Crippen LogP contribution in [0, 0.1) is 0 Å². The minimum atomic E-state index is -0.277. The second kappa shape index (κ2) is 8.50. The van der Waals surface area contributed by atoms with Gasteiger partial charge < -0.3 is 23.4 Å². The zero-order valence-electron chi connectivity index (χ0n) is 19.7. The molecular weight excluding hydrogens is 432 g/mol. The Morgan fingerprint density at radius 3 is 2.47 bits per heavy atom. The average molecular weight is 459 g/mol. The van der Waals surface area contributed by atoms with Gasteiger partial charge in [0.25, 0.3) is 0 Å². The molecule has 5 rings (SSSR count). The van der Waals surface area contributed by atoms with E-state index in [-0.39, 0.29) is 16.6 Å². The molecular formula is C27H26N2O5. The quantitative estimate of drug-likeness (QED) is 0.459. The molecule has 0 bridgehead atoms. The fourth-order valence-electron chi connectivity index (χ4n) is 4.65. The number of nitrogens with zero attached hydrogens (tertiary/aromatic N) is 2. The van der Waals surface area contributed by atoms with Gasteiger partial charge in [-0.3, -0.25) is 9.59 Å². The van der Waals surface area contributed by atoms with Gasteiger partial charge in [-0.25, -0.2) is 0 Å². The first kappa shape index (κ1) is 22.0. The number of para-hydroxylation sites is 1. The normalized spacial score (nSPS) is 14.4. The third-order valence-electron chi connectivity index (χ3n) is 6.46. The van der Waals surface area contributed by atoms with E-state index in [9.17, 15) is 9.59 Å². The first-order valence-corrected chi connectivity index (χ1v) is 11.1. The van der Waals surface area contributed by atoms with E-state index < -0.39 is 0 Å². The number of fused-ring (bicyclic) bond motifs is 2. The number of hydrogen-bond acceptors (Lipinski definition) is 6. The van der Waals surface area contributed by atoms with Gasteiger partial charge >= 0.3 is 0 Å². The summed E-state index contributed by atoms with van der Waals surface area (Å²) in [6, 6.07) is 10.5. The van der Waals surface area contributed by atoms with Gasteiger partial charge in [0.15, 0.2) is 16.4 Å². The first-order valence-electron chi connectivity index (χ1n) is 11.1. The lowest BCUT2D eigenvalue weighted by atomic mass is 9.95. The van der Waals surface area contributed by atoms with Crippen molar-refractivity contribution in [2.24, 2.45) is 7.05 Å². The molecule has 0 spiro atoms. The van der Waals surface area contributed by atoms with E-state index in [1.165, 1.54) is 13.2 Å². The van der Waals surface area contributed by atoms with Crippen LogP contribution >= 0.6 is 0 Å². The molecule has 2 aromatic heterocycles. The van der Waals surface area contributed by atoms with Gasteiger partial charge in [0.1, 0.15) is 22.6 Å². The highest BCUT2D eigenvalue weighted by molar-refractivity contribution is 5.97. The van der Waals surface area contributed by atoms with Crippen molar-refractivity contribution >= 4 is 27.4 Å². The fourth-order valence-corrected chi connectivity index (χ4v) is 4.65. The Kier molecular flexibility index (Phi) is 5.49. The van der Waals surface area contributed by atoms with E-state index in [0.717, 1.165) is 36.2 Å². The van der Waals surface area contributed by atoms with Crippen molar-refractivity contribution < 1.29 is 13.9 Å². The number of likely N-dealkylation sites (N-methyl/N-ethyl adjacent to an activating group) is 1. The standard InChI is InChI=1S/C27H26N2O5/c1-28-11-9-16(10-12-28)24-22(32-3)14-23(33-4)25-20(30)13-21(34-27(24)25)18-15-29(2)19-8-6-5-7-17(19)26(18)31/h5-9,13-15H,10-12H2,1-4H3. The summed E-state index contributed by atoms with van der Waals surface area (Å²) >= 11 is 0. The SMILES string of the molecule is COc1cc(OC)c2c(=O)cc(-c3cn(C)c4ccccc4c3=O)oc2c1C1=CCN(C)CC1. The van der Waals surface area contributed by atoms with Crippen LogP contribution in [0.25, 0.3) is 38.8 Å². The van der Waals surface area contributed by atoms with Gasteiger partial charge in [0.2, 0.25) is 0 Å². The van der Waals surface area contributed by atoms with Crippen LogP contribution in [0.3, 0.4) is 0 Å². The van der Waals surface area contributed by atoms with Crippen LogP contribution in [0.2, 0.25) is 0 Å². The van der Waals surface area contributed by atoms with Crippen LogP contribution in [-0.4, -0.2) is 43.8 Å². The summed E-state index contributed by atoms with van der Waals surface area (Å²) in [6.45, 7) is 1.65. The molecule has 0 amide bonds. The molecule has 4 aromatic rings. The van der Waals surface area contributed by atoms with Gasteiger partial charge in [-0.05, 0) is 31.2 Å². The topological polar surface area (TPSA) is 73.9 Å². The third kappa shape index (κ3) is 3.49. The first-order chi connectivity index (χ1) is 16.4. The van der Waals surface area contributed by atoms with Crippen LogP contribution in [0.15, 0.2) is 62.7 Å². The summed E-state index contributed by atoms with van der Waals surface area (Å²) in [4.78, 5) is 28.9. The molecule has 2 aromatic carbocycles. The van der Waals surface area contributed by atoms with Gasteiger partial charge in [-0.2, -0.15) is 0 Å². The van der Waals surface area contributed by atoms with E-state index in [1.54, 1.807) is 25.4 Å². The molecule has 1 aliphatic heterocycles. The highest BCUT2D eigenvalue weighted by atomic mass is 16.5. The van der Waals surface area contributed by atoms with Gasteiger partial charge in [-0.15, -0.1) is 0 Å². The number of aromatic nitrogens is 1. The fraction of sp³-hybridized carbons (Fsp3) is 0.259. The van der Waals surface area contributed by atoms with E-state index in [4.69, 9.17) is 13.9 Å². The molecule has 3 heterocycles. The van der Waals surface area contributed by atoms with Crippen molar-refractivity contribution in [1.82, 2.24) is 9.47 Å². The monoisotopic (exact) mass is 458 g/mol. The molecule has 0 fully saturated rings. The Labute approximate surface area is 196 Å². The molecule has 0 N–H and O–H groups in total. The van der Waals surface area contributed by atoms with Gasteiger partial charge in [0, 0.05) is 43.9 Å². The highest BCUT2D eigenvalue weighted by Gasteiger charge is 2.24. The summed E-state index contributed by atoms with van der Waals surface area (Å²) in [5.41, 5.74) is 2.79. The average Bonchev–Trinajstić information content (AvgIpc) is 2.85. The molecule has 0 atom stereocenters. The maximum atomic E-state index is 13.4. The maximum absolute atomic E-state index is 13.4. The molecule has 0 aliphatic carbocycles. The Morgan fingerprint density at radius 1 is 1.00 bits per heavy atom. The lowest BCUT2D eigenvalue weighted by Crippen LogP contribution is -2.24. The molecule has 0 saturated carbocycles. The van der Waals surface area contributed by atoms with Crippen molar-refractivity contribution in [3.63, 3.8) is 0 Å². The lowest BCUT2D eigenvalue weighted by molar-refractivity contribution is 0.368. The molecule has 0 radical (unpaired) electrons. The number of rotatable bonds is 4. The van der Waals surface area contributed by atoms with E-state index in [0.29, 0.717) is 33.4 Å². The number of methoxy groups -OCH3 is 2. The molecule has 174 valence electrons. The summed E-state index contributed by atoms with van der Waals surface area (Å²) in [5, 5.41) is 0.895. The van der Waals surface area contributed by atoms with Crippen LogP contribution in [0.5, 0.6) is 11.5 Å². The molecule has 0 unspecified atom stereocenters. The maximum Gasteiger partial charge on any atom is 0.200 e. The zero-order chi connectivity index (χ0) is 24.0. The van der Waals surface area contributed by atoms with Crippen molar-refractivity contribution in [2.75, 3.05) is 34.4 Å². The summed E-state index contributed by atoms with van der Waals surface area (Å²) in [5.74, 6) is 1.15. The Balaban J connectivity index is 1.86. The Bertz CT molecular complexity index is 1580. The van der Waals surface area contributed by atoms with E-state index in [2.05, 4.69) is 18.0 Å². The molecule has 7 heteroatoms. The molecule has 7 nitrogen and oxygen atoms in total. The second-order valence-corrected chi connectivity index (χ2v) is 8.58. The van der Waals surface area contributed by atoms with Crippen molar-refractivity contribution in [1.29, 1.82) is 0 Å². The van der Waals surface area contributed by atoms with Crippen molar-refractivity contribution in [3.05, 3.63) is 74.7 Å². The number of benzene rings is 2. The number of hydrogen-bond donors (Lipinski definition) is 0. The van der Waals surface area contributed by atoms with E-state index in [1.807, 2.05) is 29.8 Å². The number of aryl methyl sites for hydroxylation is 1. The Morgan fingerprint density at radius 2 is 1.76 bits per heavy atom. The highest BCUT2D eigenvalue weighted by Crippen LogP contribution is 2.41. The summed E-state index contributed by atoms with van der Waals surface area (Å²) in [6.07, 6.45) is 4.61.